The second-order valence-corrected chi connectivity index (χ2v) is 5.07. The average Bonchev–Trinajstić information content (AvgIpc) is 2.50. The van der Waals surface area contributed by atoms with E-state index in [9.17, 15) is 9.59 Å². The van der Waals surface area contributed by atoms with Crippen LogP contribution < -0.4 is 10.3 Å². The lowest BCUT2D eigenvalue weighted by molar-refractivity contribution is 0.101. The van der Waals surface area contributed by atoms with Gasteiger partial charge in [0.05, 0.1) is 17.9 Å². The fourth-order valence-corrected chi connectivity index (χ4v) is 2.49. The van der Waals surface area contributed by atoms with Crippen LogP contribution >= 0.6 is 0 Å². The van der Waals surface area contributed by atoms with Crippen molar-refractivity contribution in [1.82, 2.24) is 4.57 Å². The molecule has 1 aromatic carbocycles. The zero-order chi connectivity index (χ0) is 16.1. The predicted octanol–water partition coefficient (Wildman–Crippen LogP) is 3.53. The smallest absolute Gasteiger partial charge is 0.261 e. The van der Waals surface area contributed by atoms with Crippen molar-refractivity contribution < 1.29 is 9.53 Å². The van der Waals surface area contributed by atoms with Crippen LogP contribution in [-0.4, -0.2) is 17.0 Å². The largest absolute Gasteiger partial charge is 0.493 e. The number of nitrogens with zero attached hydrogens (tertiary/aromatic N) is 1. The van der Waals surface area contributed by atoms with Gasteiger partial charge in [-0.3, -0.25) is 9.59 Å². The van der Waals surface area contributed by atoms with Crippen molar-refractivity contribution >= 4 is 5.78 Å². The van der Waals surface area contributed by atoms with Crippen LogP contribution in [0.5, 0.6) is 5.75 Å². The minimum Gasteiger partial charge on any atom is -0.493 e. The molecule has 116 valence electrons. The SMILES string of the molecule is CCCn1c(-c2ccccc2OCC)ccc(C(C)=O)c1=O. The van der Waals surface area contributed by atoms with Crippen molar-refractivity contribution in [1.29, 1.82) is 0 Å². The van der Waals surface area contributed by atoms with Gasteiger partial charge >= 0.3 is 0 Å². The lowest BCUT2D eigenvalue weighted by Crippen LogP contribution is -2.26. The molecule has 0 saturated carbocycles. The summed E-state index contributed by atoms with van der Waals surface area (Å²) in [4.78, 5) is 24.2. The molecule has 2 aromatic rings. The number of hydrogen-bond acceptors (Lipinski definition) is 3. The molecule has 22 heavy (non-hydrogen) atoms. The number of benzene rings is 1. The zero-order valence-corrected chi connectivity index (χ0v) is 13.3. The minimum absolute atomic E-state index is 0.209. The Bertz CT molecular complexity index is 731. The molecule has 0 aliphatic heterocycles. The second kappa shape index (κ2) is 7.07. The summed E-state index contributed by atoms with van der Waals surface area (Å²) in [5.41, 5.74) is 1.63. The first-order valence-corrected chi connectivity index (χ1v) is 7.57. The van der Waals surface area contributed by atoms with E-state index in [1.54, 1.807) is 10.6 Å². The van der Waals surface area contributed by atoms with Gasteiger partial charge in [-0.2, -0.15) is 0 Å². The molecule has 4 heteroatoms. The first-order chi connectivity index (χ1) is 10.6. The first-order valence-electron chi connectivity index (χ1n) is 7.57. The van der Waals surface area contributed by atoms with E-state index in [4.69, 9.17) is 4.74 Å². The Morgan fingerprint density at radius 3 is 2.50 bits per heavy atom. The van der Waals surface area contributed by atoms with Gasteiger partial charge in [-0.1, -0.05) is 19.1 Å². The van der Waals surface area contributed by atoms with Gasteiger partial charge in [0.15, 0.2) is 5.78 Å². The fourth-order valence-electron chi connectivity index (χ4n) is 2.49. The van der Waals surface area contributed by atoms with Crippen molar-refractivity contribution in [3.63, 3.8) is 0 Å². The number of hydrogen-bond donors (Lipinski definition) is 0. The number of carbonyl (C=O) groups excluding carboxylic acids is 1. The van der Waals surface area contributed by atoms with Gasteiger partial charge in [-0.25, -0.2) is 0 Å². The Morgan fingerprint density at radius 2 is 1.86 bits per heavy atom. The van der Waals surface area contributed by atoms with Crippen LogP contribution in [0, 0.1) is 0 Å². The summed E-state index contributed by atoms with van der Waals surface area (Å²) in [6.07, 6.45) is 0.811. The highest BCUT2D eigenvalue weighted by atomic mass is 16.5. The van der Waals surface area contributed by atoms with Crippen molar-refractivity contribution in [3.8, 4) is 17.0 Å². The quantitative estimate of drug-likeness (QED) is 0.767. The number of rotatable bonds is 6. The molecule has 0 radical (unpaired) electrons. The zero-order valence-electron chi connectivity index (χ0n) is 13.3. The second-order valence-electron chi connectivity index (χ2n) is 5.07. The molecular formula is C18H21NO3. The number of ether oxygens (including phenoxy) is 1. The maximum atomic E-state index is 12.6. The number of aromatic nitrogens is 1. The maximum absolute atomic E-state index is 12.6. The van der Waals surface area contributed by atoms with Gasteiger partial charge in [0, 0.05) is 12.1 Å². The van der Waals surface area contributed by atoms with Gasteiger partial charge in [-0.05, 0) is 44.5 Å². The Kier molecular flexibility index (Phi) is 5.15. The van der Waals surface area contributed by atoms with Crippen LogP contribution in [0.25, 0.3) is 11.3 Å². The molecule has 0 amide bonds. The van der Waals surface area contributed by atoms with Gasteiger partial charge in [0.1, 0.15) is 5.75 Å². The number of pyridine rings is 1. The van der Waals surface area contributed by atoms with E-state index in [-0.39, 0.29) is 16.9 Å². The summed E-state index contributed by atoms with van der Waals surface area (Å²) in [5, 5.41) is 0. The molecule has 0 unspecified atom stereocenters. The molecule has 1 aromatic heterocycles. The predicted molar refractivity (Wildman–Crippen MR) is 87.6 cm³/mol. The molecule has 0 saturated heterocycles. The first kappa shape index (κ1) is 16.0. The van der Waals surface area contributed by atoms with Gasteiger partial charge in [0.2, 0.25) is 0 Å². The summed E-state index contributed by atoms with van der Waals surface area (Å²) in [6.45, 7) is 6.47. The third-order valence-corrected chi connectivity index (χ3v) is 3.46. The molecular weight excluding hydrogens is 278 g/mol. The molecule has 0 N–H and O–H groups in total. The number of carbonyl (C=O) groups is 1. The van der Waals surface area contributed by atoms with Crippen LogP contribution in [0.3, 0.4) is 0 Å². The number of para-hydroxylation sites is 1. The molecule has 0 spiro atoms. The van der Waals surface area contributed by atoms with Crippen molar-refractivity contribution in [2.24, 2.45) is 0 Å². The molecule has 4 nitrogen and oxygen atoms in total. The minimum atomic E-state index is -0.238. The Labute approximate surface area is 130 Å². The lowest BCUT2D eigenvalue weighted by atomic mass is 10.1. The highest BCUT2D eigenvalue weighted by molar-refractivity contribution is 5.94. The monoisotopic (exact) mass is 299 g/mol. The Morgan fingerprint density at radius 1 is 1.14 bits per heavy atom. The van der Waals surface area contributed by atoms with Crippen LogP contribution in [0.4, 0.5) is 0 Å². The summed E-state index contributed by atoms with van der Waals surface area (Å²) in [6, 6.07) is 11.1. The molecule has 0 aliphatic carbocycles. The van der Waals surface area contributed by atoms with E-state index < -0.39 is 0 Å². The standard InChI is InChI=1S/C18H21NO3/c1-4-12-19-16(11-10-14(13(3)20)18(19)21)15-8-6-7-9-17(15)22-5-2/h6-11H,4-5,12H2,1-3H3. The highest BCUT2D eigenvalue weighted by Crippen LogP contribution is 2.29. The van der Waals surface area contributed by atoms with E-state index in [0.29, 0.717) is 13.2 Å². The maximum Gasteiger partial charge on any atom is 0.261 e. The van der Waals surface area contributed by atoms with Crippen LogP contribution in [0.15, 0.2) is 41.2 Å². The fraction of sp³-hybridized carbons (Fsp3) is 0.333. The highest BCUT2D eigenvalue weighted by Gasteiger charge is 2.15. The number of Topliss-reactive ketones (excluding diaryl/α,β-unsaturated/α-hetero) is 1. The van der Waals surface area contributed by atoms with Crippen molar-refractivity contribution in [2.45, 2.75) is 33.7 Å². The van der Waals surface area contributed by atoms with E-state index in [2.05, 4.69) is 0 Å². The third-order valence-electron chi connectivity index (χ3n) is 3.46. The molecule has 0 bridgehead atoms. The topological polar surface area (TPSA) is 48.3 Å². The normalized spacial score (nSPS) is 10.5. The molecule has 0 fully saturated rings. The lowest BCUT2D eigenvalue weighted by Gasteiger charge is -2.16. The van der Waals surface area contributed by atoms with E-state index in [1.165, 1.54) is 6.92 Å². The Balaban J connectivity index is 2.68. The van der Waals surface area contributed by atoms with E-state index >= 15 is 0 Å². The number of ketones is 1. The average molecular weight is 299 g/mol. The van der Waals surface area contributed by atoms with E-state index in [1.807, 2.05) is 44.2 Å². The molecule has 1 heterocycles. The van der Waals surface area contributed by atoms with Crippen molar-refractivity contribution in [3.05, 3.63) is 52.3 Å². The van der Waals surface area contributed by atoms with E-state index in [0.717, 1.165) is 23.4 Å². The summed E-state index contributed by atoms with van der Waals surface area (Å²) in [7, 11) is 0. The molecule has 0 atom stereocenters. The third kappa shape index (κ3) is 3.11. The van der Waals surface area contributed by atoms with Gasteiger partial charge in [0.25, 0.3) is 5.56 Å². The Hall–Kier alpha value is -2.36. The molecule has 2 rings (SSSR count). The summed E-state index contributed by atoms with van der Waals surface area (Å²) in [5.74, 6) is 0.532. The van der Waals surface area contributed by atoms with Crippen molar-refractivity contribution in [2.75, 3.05) is 6.61 Å². The van der Waals surface area contributed by atoms with Gasteiger partial charge in [-0.15, -0.1) is 0 Å². The van der Waals surface area contributed by atoms with Crippen LogP contribution in [-0.2, 0) is 6.54 Å². The molecule has 0 aliphatic rings. The summed E-state index contributed by atoms with van der Waals surface area (Å²) >= 11 is 0. The van der Waals surface area contributed by atoms with Gasteiger partial charge < -0.3 is 9.30 Å². The van der Waals surface area contributed by atoms with Crippen LogP contribution in [0.1, 0.15) is 37.6 Å². The summed E-state index contributed by atoms with van der Waals surface area (Å²) < 4.78 is 7.32. The van der Waals surface area contributed by atoms with Crippen LogP contribution in [0.2, 0.25) is 0 Å².